The summed E-state index contributed by atoms with van der Waals surface area (Å²) in [5.74, 6) is 0.633. The van der Waals surface area contributed by atoms with Crippen LogP contribution in [0.3, 0.4) is 0 Å². The molecule has 2 aromatic rings. The maximum atomic E-state index is 10.8. The largest absolute Gasteiger partial charge is 0.312 e. The van der Waals surface area contributed by atoms with E-state index >= 15 is 0 Å². The summed E-state index contributed by atoms with van der Waals surface area (Å²) in [5.41, 5.74) is 2.28. The lowest BCUT2D eigenvalue weighted by Crippen LogP contribution is -2.36. The van der Waals surface area contributed by atoms with Gasteiger partial charge < -0.3 is 5.32 Å². The highest BCUT2D eigenvalue weighted by Gasteiger charge is 2.19. The average Bonchev–Trinajstić information content (AvgIpc) is 2.66. The average molecular weight is 408 g/mol. The molecule has 0 aliphatic carbocycles. The van der Waals surface area contributed by atoms with Gasteiger partial charge in [0.25, 0.3) is 5.69 Å². The van der Waals surface area contributed by atoms with Crippen molar-refractivity contribution in [2.45, 2.75) is 25.9 Å². The van der Waals surface area contributed by atoms with E-state index in [9.17, 15) is 10.1 Å². The summed E-state index contributed by atoms with van der Waals surface area (Å²) >= 11 is 12.1. The van der Waals surface area contributed by atoms with E-state index in [1.807, 2.05) is 24.3 Å². The highest BCUT2D eigenvalue weighted by atomic mass is 35.5. The fourth-order valence-corrected chi connectivity index (χ4v) is 3.77. The molecule has 0 unspecified atom stereocenters. The number of nitro benzene ring substituents is 1. The fourth-order valence-electron chi connectivity index (χ4n) is 3.45. The van der Waals surface area contributed by atoms with Gasteiger partial charge in [0.15, 0.2) is 0 Å². The molecular formula is C20H23Cl2N3O2. The summed E-state index contributed by atoms with van der Waals surface area (Å²) in [6.07, 6.45) is 2.28. The Bertz CT molecular complexity index is 793. The van der Waals surface area contributed by atoms with Crippen LogP contribution in [-0.2, 0) is 13.1 Å². The Morgan fingerprint density at radius 1 is 1.07 bits per heavy atom. The molecule has 3 rings (SSSR count). The van der Waals surface area contributed by atoms with Crippen LogP contribution in [0, 0.1) is 16.0 Å². The molecule has 1 aliphatic rings. The number of nitrogens with zero attached hydrogens (tertiary/aromatic N) is 2. The number of nitro groups is 1. The number of nitrogens with one attached hydrogen (secondary N) is 1. The van der Waals surface area contributed by atoms with Gasteiger partial charge in [0, 0.05) is 25.2 Å². The van der Waals surface area contributed by atoms with E-state index in [2.05, 4.69) is 10.2 Å². The van der Waals surface area contributed by atoms with Crippen molar-refractivity contribution in [2.24, 2.45) is 5.92 Å². The molecule has 0 saturated carbocycles. The van der Waals surface area contributed by atoms with Crippen molar-refractivity contribution >= 4 is 28.9 Å². The SMILES string of the molecule is O=[N+]([O-])c1cccc(CNCC2CCN(Cc3ccc(Cl)c(Cl)c3)CC2)c1. The third-order valence-corrected chi connectivity index (χ3v) is 5.72. The number of likely N-dealkylation sites (tertiary alicyclic amines) is 1. The maximum Gasteiger partial charge on any atom is 0.269 e. The zero-order valence-electron chi connectivity index (χ0n) is 15.0. The lowest BCUT2D eigenvalue weighted by molar-refractivity contribution is -0.384. The molecule has 1 saturated heterocycles. The minimum atomic E-state index is -0.354. The Balaban J connectivity index is 1.40. The number of piperidine rings is 1. The van der Waals surface area contributed by atoms with Crippen LogP contribution in [0.2, 0.25) is 10.0 Å². The third-order valence-electron chi connectivity index (χ3n) is 4.98. The van der Waals surface area contributed by atoms with E-state index in [0.717, 1.165) is 44.6 Å². The lowest BCUT2D eigenvalue weighted by atomic mass is 9.96. The van der Waals surface area contributed by atoms with Crippen LogP contribution in [-0.4, -0.2) is 29.5 Å². The Kier molecular flexibility index (Phi) is 7.07. The second-order valence-electron chi connectivity index (χ2n) is 7.03. The zero-order valence-corrected chi connectivity index (χ0v) is 16.5. The first kappa shape index (κ1) is 20.1. The molecule has 7 heteroatoms. The second-order valence-corrected chi connectivity index (χ2v) is 7.84. The molecule has 27 heavy (non-hydrogen) atoms. The van der Waals surface area contributed by atoms with Gasteiger partial charge in [0.1, 0.15) is 0 Å². The summed E-state index contributed by atoms with van der Waals surface area (Å²) in [6.45, 7) is 4.60. The van der Waals surface area contributed by atoms with E-state index in [1.54, 1.807) is 12.1 Å². The molecule has 1 heterocycles. The van der Waals surface area contributed by atoms with Crippen LogP contribution in [0.25, 0.3) is 0 Å². The number of benzene rings is 2. The molecule has 1 aliphatic heterocycles. The lowest BCUT2D eigenvalue weighted by Gasteiger charge is -2.32. The molecule has 0 aromatic heterocycles. The summed E-state index contributed by atoms with van der Waals surface area (Å²) in [6, 6.07) is 12.6. The second kappa shape index (κ2) is 9.51. The fraction of sp³-hybridized carbons (Fsp3) is 0.400. The molecule has 0 radical (unpaired) electrons. The number of rotatable bonds is 7. The molecule has 2 aromatic carbocycles. The smallest absolute Gasteiger partial charge is 0.269 e. The van der Waals surface area contributed by atoms with Crippen molar-refractivity contribution < 1.29 is 4.92 Å². The number of halogens is 2. The van der Waals surface area contributed by atoms with E-state index in [1.165, 1.54) is 11.6 Å². The first-order valence-corrected chi connectivity index (χ1v) is 9.87. The normalized spacial score (nSPS) is 15.8. The molecule has 0 atom stereocenters. The molecule has 1 fully saturated rings. The van der Waals surface area contributed by atoms with Crippen LogP contribution in [0.1, 0.15) is 24.0 Å². The van der Waals surface area contributed by atoms with Crippen molar-refractivity contribution in [1.29, 1.82) is 0 Å². The molecule has 5 nitrogen and oxygen atoms in total. The standard InChI is InChI=1S/C20H23Cl2N3O2/c21-19-5-4-17(11-20(19)22)14-24-8-6-15(7-9-24)12-23-13-16-2-1-3-18(10-16)25(26)27/h1-5,10-11,15,23H,6-9,12-14H2. The van der Waals surface area contributed by atoms with Crippen LogP contribution in [0.15, 0.2) is 42.5 Å². The van der Waals surface area contributed by atoms with E-state index in [4.69, 9.17) is 23.2 Å². The van der Waals surface area contributed by atoms with Gasteiger partial charge in [0.2, 0.25) is 0 Å². The molecule has 1 N–H and O–H groups in total. The van der Waals surface area contributed by atoms with Crippen molar-refractivity contribution in [3.8, 4) is 0 Å². The molecule has 0 bridgehead atoms. The van der Waals surface area contributed by atoms with Crippen molar-refractivity contribution in [1.82, 2.24) is 10.2 Å². The highest BCUT2D eigenvalue weighted by molar-refractivity contribution is 6.42. The van der Waals surface area contributed by atoms with E-state index in [-0.39, 0.29) is 10.6 Å². The Labute approximate surface area is 169 Å². The Hall–Kier alpha value is -1.66. The number of non-ortho nitro benzene ring substituents is 1. The summed E-state index contributed by atoms with van der Waals surface area (Å²) in [4.78, 5) is 12.9. The zero-order chi connectivity index (χ0) is 19.2. The Morgan fingerprint density at radius 3 is 2.56 bits per heavy atom. The number of hydrogen-bond donors (Lipinski definition) is 1. The van der Waals surface area contributed by atoms with Gasteiger partial charge in [-0.15, -0.1) is 0 Å². The summed E-state index contributed by atoms with van der Waals surface area (Å²) in [5, 5.41) is 15.5. The number of hydrogen-bond acceptors (Lipinski definition) is 4. The first-order chi connectivity index (χ1) is 13.0. The molecule has 0 amide bonds. The Morgan fingerprint density at radius 2 is 1.85 bits per heavy atom. The summed E-state index contributed by atoms with van der Waals surface area (Å²) < 4.78 is 0. The van der Waals surface area contributed by atoms with Crippen LogP contribution < -0.4 is 5.32 Å². The van der Waals surface area contributed by atoms with E-state index < -0.39 is 0 Å². The maximum absolute atomic E-state index is 10.8. The van der Waals surface area contributed by atoms with Crippen molar-refractivity contribution in [3.63, 3.8) is 0 Å². The van der Waals surface area contributed by atoms with Crippen molar-refractivity contribution in [3.05, 3.63) is 73.8 Å². The van der Waals surface area contributed by atoms with Gasteiger partial charge in [0.05, 0.1) is 15.0 Å². The minimum absolute atomic E-state index is 0.143. The molecule has 144 valence electrons. The first-order valence-electron chi connectivity index (χ1n) is 9.11. The topological polar surface area (TPSA) is 58.4 Å². The monoisotopic (exact) mass is 407 g/mol. The van der Waals surface area contributed by atoms with Crippen LogP contribution in [0.4, 0.5) is 5.69 Å². The predicted molar refractivity (Wildman–Crippen MR) is 109 cm³/mol. The minimum Gasteiger partial charge on any atom is -0.312 e. The quantitative estimate of drug-likeness (QED) is 0.523. The summed E-state index contributed by atoms with van der Waals surface area (Å²) in [7, 11) is 0. The highest BCUT2D eigenvalue weighted by Crippen LogP contribution is 2.25. The van der Waals surface area contributed by atoms with Gasteiger partial charge in [-0.25, -0.2) is 0 Å². The van der Waals surface area contributed by atoms with Gasteiger partial charge in [-0.3, -0.25) is 15.0 Å². The van der Waals surface area contributed by atoms with Gasteiger partial charge in [-0.2, -0.15) is 0 Å². The van der Waals surface area contributed by atoms with Gasteiger partial charge >= 0.3 is 0 Å². The van der Waals surface area contributed by atoms with Crippen LogP contribution in [0.5, 0.6) is 0 Å². The predicted octanol–water partition coefficient (Wildman–Crippen LogP) is 4.90. The molecular weight excluding hydrogens is 385 g/mol. The molecule has 0 spiro atoms. The van der Waals surface area contributed by atoms with E-state index in [0.29, 0.717) is 22.5 Å². The van der Waals surface area contributed by atoms with Crippen LogP contribution >= 0.6 is 23.2 Å². The van der Waals surface area contributed by atoms with Crippen molar-refractivity contribution in [2.75, 3.05) is 19.6 Å². The van der Waals surface area contributed by atoms with Gasteiger partial charge in [-0.05, 0) is 61.7 Å². The van der Waals surface area contributed by atoms with Gasteiger partial charge in [-0.1, -0.05) is 41.4 Å². The third kappa shape index (κ3) is 5.91.